The molecule has 0 radical (unpaired) electrons. The number of carboxylic acids is 1. The van der Waals surface area contributed by atoms with E-state index in [-0.39, 0.29) is 18.2 Å². The number of hydrogen-bond donors (Lipinski definition) is 4. The van der Waals surface area contributed by atoms with Gasteiger partial charge in [0.2, 0.25) is 0 Å². The second-order valence-electron chi connectivity index (χ2n) is 12.3. The van der Waals surface area contributed by atoms with Crippen molar-refractivity contribution < 1.29 is 43.3 Å². The Labute approximate surface area is 274 Å². The number of hydrogen-bond acceptors (Lipinski definition) is 11. The number of ether oxygens (including phenoxy) is 3. The van der Waals surface area contributed by atoms with E-state index in [1.165, 1.54) is 14.0 Å². The van der Waals surface area contributed by atoms with Gasteiger partial charge in [0.15, 0.2) is 0 Å². The van der Waals surface area contributed by atoms with Crippen LogP contribution in [-0.4, -0.2) is 70.8 Å². The lowest BCUT2D eigenvalue weighted by Crippen LogP contribution is -2.65. The van der Waals surface area contributed by atoms with E-state index in [0.717, 1.165) is 12.8 Å². The van der Waals surface area contributed by atoms with Crippen LogP contribution in [-0.2, 0) is 38.2 Å². The number of nitrogens with one attached hydrogen (secondary N) is 1. The summed E-state index contributed by atoms with van der Waals surface area (Å²) >= 11 is 0. The fraction of sp³-hybridized carbons (Fsp3) is 0.529. The van der Waals surface area contributed by atoms with Crippen LogP contribution < -0.4 is 16.8 Å². The molecule has 1 saturated heterocycles. The van der Waals surface area contributed by atoms with E-state index in [1.54, 1.807) is 62.7 Å². The van der Waals surface area contributed by atoms with Crippen LogP contribution in [0.3, 0.4) is 0 Å². The van der Waals surface area contributed by atoms with Gasteiger partial charge in [0, 0.05) is 42.1 Å². The minimum Gasteiger partial charge on any atom is -0.480 e. The molecule has 4 rings (SSSR count). The number of nitrogens with two attached hydrogens (primary N) is 2. The third kappa shape index (κ3) is 8.33. The van der Waals surface area contributed by atoms with Crippen molar-refractivity contribution in [1.82, 2.24) is 4.98 Å². The fourth-order valence-electron chi connectivity index (χ4n) is 6.75. The van der Waals surface area contributed by atoms with Crippen molar-refractivity contribution in [3.8, 4) is 0 Å². The van der Waals surface area contributed by atoms with Gasteiger partial charge >= 0.3 is 23.9 Å². The summed E-state index contributed by atoms with van der Waals surface area (Å²) in [4.78, 5) is 64.9. The number of anilines is 1. The number of pyridine rings is 1. The normalized spacial score (nSPS) is 27.2. The number of cyclic esters (lactones) is 1. The molecule has 2 aliphatic carbocycles. The molecule has 1 unspecified atom stereocenters. The molecular formula is C34H46N4O9. The highest BCUT2D eigenvalue weighted by atomic mass is 16.6. The molecule has 2 bridgehead atoms. The zero-order valence-electron chi connectivity index (χ0n) is 27.5. The summed E-state index contributed by atoms with van der Waals surface area (Å²) in [6.45, 7) is 5.42. The summed E-state index contributed by atoms with van der Waals surface area (Å²) in [5, 5.41) is 11.1. The average Bonchev–Trinajstić information content (AvgIpc) is 3.18. The summed E-state index contributed by atoms with van der Waals surface area (Å²) < 4.78 is 17.0. The Hall–Kier alpha value is -4.36. The van der Waals surface area contributed by atoms with Gasteiger partial charge in [-0.1, -0.05) is 24.6 Å². The number of nitrogens with zero attached hydrogens (tertiary/aromatic N) is 1. The molecule has 6 N–H and O–H groups in total. The number of carbonyl (C=O) groups is 5. The van der Waals surface area contributed by atoms with E-state index in [1.807, 2.05) is 0 Å². The van der Waals surface area contributed by atoms with E-state index in [0.29, 0.717) is 55.5 Å². The second-order valence-corrected chi connectivity index (χ2v) is 12.3. The first-order chi connectivity index (χ1) is 22.2. The first-order valence-corrected chi connectivity index (χ1v) is 15.7. The lowest BCUT2D eigenvalue weighted by atomic mass is 9.62. The molecule has 1 saturated carbocycles. The van der Waals surface area contributed by atoms with Crippen molar-refractivity contribution in [3.63, 3.8) is 0 Å². The molecule has 13 nitrogen and oxygen atoms in total. The molecule has 2 heterocycles. The Bertz CT molecular complexity index is 1430. The second kappa shape index (κ2) is 16.0. The van der Waals surface area contributed by atoms with Crippen LogP contribution >= 0.6 is 0 Å². The quantitative estimate of drug-likeness (QED) is 0.0890. The van der Waals surface area contributed by atoms with Gasteiger partial charge in [-0.15, -0.1) is 0 Å². The monoisotopic (exact) mass is 654 g/mol. The van der Waals surface area contributed by atoms with Gasteiger partial charge in [-0.2, -0.15) is 0 Å². The lowest BCUT2D eigenvalue weighted by Gasteiger charge is -2.54. The Morgan fingerprint density at radius 1 is 1.19 bits per heavy atom. The molecule has 3 aliphatic rings. The van der Waals surface area contributed by atoms with E-state index in [2.05, 4.69) is 10.3 Å². The fourth-order valence-corrected chi connectivity index (χ4v) is 6.75. The van der Waals surface area contributed by atoms with Gasteiger partial charge in [0.05, 0.1) is 7.11 Å². The number of methoxy groups -OCH3 is 1. The minimum atomic E-state index is -1.13. The summed E-state index contributed by atoms with van der Waals surface area (Å²) in [5.41, 5.74) is 8.69. The SMILES string of the molecule is COC(=O)C1=CC[C@@]23CC[C@@H]([C@@](C)(/C=C/C=C(\C)C(=O)Nc4ccncc4)OC2=O)[C@@]3(OC(C)=O)CC1.NCCCCC(N)C(=O)O. The highest BCUT2D eigenvalue weighted by molar-refractivity contribution is 6.03. The first-order valence-electron chi connectivity index (χ1n) is 15.7. The molecule has 1 amide bonds. The van der Waals surface area contributed by atoms with E-state index in [4.69, 9.17) is 30.8 Å². The molecular weight excluding hydrogens is 608 g/mol. The van der Waals surface area contributed by atoms with Gasteiger partial charge in [0.1, 0.15) is 22.7 Å². The summed E-state index contributed by atoms with van der Waals surface area (Å²) in [6, 6.07) is 2.67. The van der Waals surface area contributed by atoms with Crippen LogP contribution in [0.15, 0.2) is 60.0 Å². The Balaban J connectivity index is 0.000000520. The molecule has 1 aliphatic heterocycles. The van der Waals surface area contributed by atoms with Gasteiger partial charge in [-0.05, 0) is 83.5 Å². The predicted octanol–water partition coefficient (Wildman–Crippen LogP) is 3.35. The lowest BCUT2D eigenvalue weighted by molar-refractivity contribution is -0.235. The number of aliphatic carboxylic acids is 1. The van der Waals surface area contributed by atoms with Gasteiger partial charge in [0.25, 0.3) is 5.91 Å². The molecule has 13 heteroatoms. The molecule has 5 atom stereocenters. The van der Waals surface area contributed by atoms with Crippen molar-refractivity contribution >= 4 is 35.5 Å². The number of rotatable bonds is 11. The molecule has 2 fully saturated rings. The smallest absolute Gasteiger partial charge is 0.333 e. The van der Waals surface area contributed by atoms with Crippen LogP contribution in [0.5, 0.6) is 0 Å². The third-order valence-corrected chi connectivity index (χ3v) is 9.22. The van der Waals surface area contributed by atoms with Crippen LogP contribution in [0.2, 0.25) is 0 Å². The number of amides is 1. The van der Waals surface area contributed by atoms with Crippen molar-refractivity contribution in [2.24, 2.45) is 22.8 Å². The summed E-state index contributed by atoms with van der Waals surface area (Å²) in [6.07, 6.45) is 14.1. The van der Waals surface area contributed by atoms with Crippen molar-refractivity contribution in [2.45, 2.75) is 89.4 Å². The van der Waals surface area contributed by atoms with Crippen molar-refractivity contribution in [2.75, 3.05) is 19.0 Å². The number of carboxylic acid groups (broad SMARTS) is 1. The molecule has 1 aromatic heterocycles. The largest absolute Gasteiger partial charge is 0.480 e. The highest BCUT2D eigenvalue weighted by Crippen LogP contribution is 2.65. The van der Waals surface area contributed by atoms with Crippen LogP contribution in [0, 0.1) is 11.3 Å². The number of aromatic nitrogens is 1. The third-order valence-electron chi connectivity index (χ3n) is 9.22. The zero-order valence-corrected chi connectivity index (χ0v) is 27.5. The van der Waals surface area contributed by atoms with E-state index < -0.39 is 46.5 Å². The Kier molecular flexibility index (Phi) is 12.6. The molecule has 1 aromatic rings. The topological polar surface area (TPSA) is 210 Å². The van der Waals surface area contributed by atoms with E-state index >= 15 is 0 Å². The first kappa shape index (κ1) is 37.1. The molecule has 47 heavy (non-hydrogen) atoms. The number of allylic oxidation sites excluding steroid dienone is 3. The van der Waals surface area contributed by atoms with Crippen molar-refractivity contribution in [1.29, 1.82) is 0 Å². The number of carbonyl (C=O) groups excluding carboxylic acids is 4. The van der Waals surface area contributed by atoms with Crippen LogP contribution in [0.25, 0.3) is 0 Å². The van der Waals surface area contributed by atoms with Gasteiger partial charge in [-0.3, -0.25) is 24.2 Å². The summed E-state index contributed by atoms with van der Waals surface area (Å²) in [5.74, 6) is -2.93. The number of unbranched alkanes of at least 4 members (excludes halogenated alkanes) is 1. The van der Waals surface area contributed by atoms with Crippen LogP contribution in [0.1, 0.15) is 72.1 Å². The minimum absolute atomic E-state index is 0.230. The highest BCUT2D eigenvalue weighted by Gasteiger charge is 2.74. The van der Waals surface area contributed by atoms with Gasteiger partial charge < -0.3 is 36.1 Å². The molecule has 256 valence electrons. The molecule has 0 spiro atoms. The van der Waals surface area contributed by atoms with E-state index in [9.17, 15) is 24.0 Å². The zero-order chi connectivity index (χ0) is 34.8. The maximum Gasteiger partial charge on any atom is 0.333 e. The number of esters is 3. The summed E-state index contributed by atoms with van der Waals surface area (Å²) in [7, 11) is 1.32. The maximum atomic E-state index is 13.6. The maximum absolute atomic E-state index is 13.6. The molecule has 0 aromatic carbocycles. The predicted molar refractivity (Wildman–Crippen MR) is 172 cm³/mol. The van der Waals surface area contributed by atoms with Crippen LogP contribution in [0.4, 0.5) is 5.69 Å². The average molecular weight is 655 g/mol. The standard InChI is InChI=1S/C28H32N2O7.C6H14N2O2/c1-18(23(32)30-21-10-16-29-17-11-21)6-5-12-26(3)22-9-14-27(25(34)37-26)13-7-20(24(33)35-4)8-15-28(22,27)36-19(2)31;7-4-2-1-3-5(8)6(9)10/h5-7,10-12,16-17,22H,8-9,13-15H2,1-4H3,(H,29,30,32);5H,1-4,7-8H2,(H,9,10)/b12-5+,18-6+;/t22-,26+,27+,28-;/m0./s1. The Morgan fingerprint density at radius 3 is 2.51 bits per heavy atom. The Morgan fingerprint density at radius 2 is 1.89 bits per heavy atom. The van der Waals surface area contributed by atoms with Gasteiger partial charge in [-0.25, -0.2) is 4.79 Å². The van der Waals surface area contributed by atoms with Crippen molar-refractivity contribution in [3.05, 3.63) is 60.0 Å².